The van der Waals surface area contributed by atoms with Gasteiger partial charge in [-0.2, -0.15) is 0 Å². The molecule has 0 radical (unpaired) electrons. The lowest BCUT2D eigenvalue weighted by atomic mass is 10.00. The van der Waals surface area contributed by atoms with Crippen LogP contribution in [0.1, 0.15) is 41.8 Å². The molecule has 0 saturated heterocycles. The first-order valence-electron chi connectivity index (χ1n) is 13.7. The number of anilines is 3. The molecule has 5 N–H and O–H groups in total. The van der Waals surface area contributed by atoms with E-state index in [-0.39, 0.29) is 17.4 Å². The molecule has 2 amide bonds. The van der Waals surface area contributed by atoms with Crippen molar-refractivity contribution in [3.63, 3.8) is 0 Å². The van der Waals surface area contributed by atoms with Crippen molar-refractivity contribution in [1.29, 1.82) is 0 Å². The van der Waals surface area contributed by atoms with Gasteiger partial charge in [-0.25, -0.2) is 4.79 Å². The normalized spacial score (nSPS) is 12.2. The van der Waals surface area contributed by atoms with Gasteiger partial charge in [-0.3, -0.25) is 14.9 Å². The standard InChI is InChI=1S/C34H33N3O6/c1-23(38)24-15-19-26(20-16-24)36-34(41)43-33(25-17-21-27(39)22-18-25)31(42-28-9-3-2-4-10-28)13-7-8-14-32(40)37-30-12-6-5-11-29(30)35/h2-6,8-12,14-22,31,33,39H,7,13,35H2,1H3,(H,36,41)(H,37,40)/b14-8+/t31-,33-/m1/s1. The van der Waals surface area contributed by atoms with Gasteiger partial charge in [0.15, 0.2) is 11.9 Å². The average Bonchev–Trinajstić information content (AvgIpc) is 3.00. The van der Waals surface area contributed by atoms with Gasteiger partial charge in [0.1, 0.15) is 17.6 Å². The molecule has 0 bridgehead atoms. The van der Waals surface area contributed by atoms with Crippen LogP contribution in [0.5, 0.6) is 11.5 Å². The highest BCUT2D eigenvalue weighted by Gasteiger charge is 2.29. The highest BCUT2D eigenvalue weighted by atomic mass is 16.6. The summed E-state index contributed by atoms with van der Waals surface area (Å²) in [4.78, 5) is 37.1. The largest absolute Gasteiger partial charge is 0.508 e. The number of allylic oxidation sites excluding steroid dienone is 1. The topological polar surface area (TPSA) is 140 Å². The molecule has 0 heterocycles. The Hall–Kier alpha value is -5.57. The Labute approximate surface area is 250 Å². The summed E-state index contributed by atoms with van der Waals surface area (Å²) in [6, 6.07) is 28.9. The van der Waals surface area contributed by atoms with Gasteiger partial charge >= 0.3 is 6.09 Å². The number of nitrogens with two attached hydrogens (primary N) is 1. The van der Waals surface area contributed by atoms with Gasteiger partial charge in [0.25, 0.3) is 0 Å². The number of nitrogens with one attached hydrogen (secondary N) is 2. The number of ether oxygens (including phenoxy) is 2. The van der Waals surface area contributed by atoms with Gasteiger partial charge in [-0.05, 0) is 92.1 Å². The minimum Gasteiger partial charge on any atom is -0.508 e. The van der Waals surface area contributed by atoms with Crippen LogP contribution in [0.3, 0.4) is 0 Å². The van der Waals surface area contributed by atoms with Crippen molar-refractivity contribution in [2.24, 2.45) is 0 Å². The fourth-order valence-electron chi connectivity index (χ4n) is 4.26. The van der Waals surface area contributed by atoms with Crippen molar-refractivity contribution in [2.45, 2.75) is 32.0 Å². The molecule has 0 aliphatic heterocycles. The number of rotatable bonds is 12. The molecule has 4 aromatic rings. The van der Waals surface area contributed by atoms with Crippen LogP contribution in [0.4, 0.5) is 21.9 Å². The lowest BCUT2D eigenvalue weighted by Gasteiger charge is -2.28. The second kappa shape index (κ2) is 14.9. The van der Waals surface area contributed by atoms with Crippen molar-refractivity contribution in [1.82, 2.24) is 0 Å². The zero-order valence-corrected chi connectivity index (χ0v) is 23.6. The van der Waals surface area contributed by atoms with E-state index in [0.29, 0.717) is 46.8 Å². The number of para-hydroxylation sites is 3. The van der Waals surface area contributed by atoms with Crippen molar-refractivity contribution >= 4 is 34.8 Å². The van der Waals surface area contributed by atoms with Crippen LogP contribution in [-0.4, -0.2) is 29.0 Å². The van der Waals surface area contributed by atoms with Crippen molar-refractivity contribution < 1.29 is 29.0 Å². The molecular weight excluding hydrogens is 546 g/mol. The maximum atomic E-state index is 13.1. The Kier molecular flexibility index (Phi) is 10.5. The molecule has 0 aliphatic carbocycles. The van der Waals surface area contributed by atoms with Gasteiger partial charge in [0.05, 0.1) is 11.4 Å². The molecule has 0 spiro atoms. The van der Waals surface area contributed by atoms with E-state index in [1.807, 2.05) is 18.2 Å². The van der Waals surface area contributed by atoms with Gasteiger partial charge in [0, 0.05) is 11.3 Å². The number of carbonyl (C=O) groups excluding carboxylic acids is 3. The molecule has 0 saturated carbocycles. The van der Waals surface area contributed by atoms with Crippen molar-refractivity contribution in [2.75, 3.05) is 16.4 Å². The number of amides is 2. The number of phenolic OH excluding ortho intramolecular Hbond substituents is 1. The molecule has 220 valence electrons. The summed E-state index contributed by atoms with van der Waals surface area (Å²) >= 11 is 0. The molecule has 9 heteroatoms. The summed E-state index contributed by atoms with van der Waals surface area (Å²) in [6.07, 6.45) is 1.63. The molecule has 0 fully saturated rings. The van der Waals surface area contributed by atoms with E-state index >= 15 is 0 Å². The van der Waals surface area contributed by atoms with Crippen LogP contribution in [0.2, 0.25) is 0 Å². The maximum absolute atomic E-state index is 13.1. The number of benzene rings is 4. The summed E-state index contributed by atoms with van der Waals surface area (Å²) < 4.78 is 12.2. The molecule has 0 aromatic heterocycles. The Morgan fingerprint density at radius 1 is 0.860 bits per heavy atom. The number of nitrogen functional groups attached to an aromatic ring is 1. The minimum absolute atomic E-state index is 0.0611. The van der Waals surface area contributed by atoms with E-state index in [1.54, 1.807) is 78.9 Å². The van der Waals surface area contributed by atoms with E-state index in [1.165, 1.54) is 25.1 Å². The molecule has 4 aromatic carbocycles. The monoisotopic (exact) mass is 579 g/mol. The van der Waals surface area contributed by atoms with Crippen molar-refractivity contribution in [3.05, 3.63) is 126 Å². The number of phenols is 1. The highest BCUT2D eigenvalue weighted by molar-refractivity contribution is 6.01. The molecule has 43 heavy (non-hydrogen) atoms. The van der Waals surface area contributed by atoms with Crippen molar-refractivity contribution in [3.8, 4) is 11.5 Å². The molecule has 9 nitrogen and oxygen atoms in total. The van der Waals surface area contributed by atoms with Crippen LogP contribution in [-0.2, 0) is 9.53 Å². The number of hydrogen-bond donors (Lipinski definition) is 4. The third-order valence-corrected chi connectivity index (χ3v) is 6.47. The van der Waals surface area contributed by atoms with E-state index in [0.717, 1.165) is 0 Å². The second-order valence-electron chi connectivity index (χ2n) is 9.70. The average molecular weight is 580 g/mol. The quantitative estimate of drug-likeness (QED) is 0.0814. The molecular formula is C34H33N3O6. The van der Waals surface area contributed by atoms with Gasteiger partial charge in [-0.15, -0.1) is 0 Å². The Balaban J connectivity index is 1.52. The summed E-state index contributed by atoms with van der Waals surface area (Å²) in [5, 5.41) is 15.3. The van der Waals surface area contributed by atoms with Crippen LogP contribution in [0.25, 0.3) is 0 Å². The first-order chi connectivity index (χ1) is 20.8. The summed E-state index contributed by atoms with van der Waals surface area (Å²) in [7, 11) is 0. The Morgan fingerprint density at radius 2 is 1.53 bits per heavy atom. The fraction of sp³-hybridized carbons (Fsp3) is 0.147. The SMILES string of the molecule is CC(=O)c1ccc(NC(=O)O[C@H](c2ccc(O)cc2)[C@@H](CC/C=C/C(=O)Nc2ccccc2N)Oc2ccccc2)cc1. The molecule has 4 rings (SSSR count). The Bertz CT molecular complexity index is 1550. The summed E-state index contributed by atoms with van der Waals surface area (Å²) in [5.41, 5.74) is 8.46. The van der Waals surface area contributed by atoms with Gasteiger partial charge < -0.3 is 25.6 Å². The second-order valence-corrected chi connectivity index (χ2v) is 9.70. The third kappa shape index (κ3) is 9.22. The number of aromatic hydroxyl groups is 1. The third-order valence-electron chi connectivity index (χ3n) is 6.47. The lowest BCUT2D eigenvalue weighted by molar-refractivity contribution is -0.111. The maximum Gasteiger partial charge on any atom is 0.412 e. The van der Waals surface area contributed by atoms with Gasteiger partial charge in [0.2, 0.25) is 5.91 Å². The number of Topliss-reactive ketones (excluding diaryl/α,β-unsaturated/α-hetero) is 1. The minimum atomic E-state index is -0.886. The first kappa shape index (κ1) is 30.4. The molecule has 0 aliphatic rings. The summed E-state index contributed by atoms with van der Waals surface area (Å²) in [5.74, 6) is 0.213. The Morgan fingerprint density at radius 3 is 2.21 bits per heavy atom. The number of carbonyl (C=O) groups is 3. The lowest BCUT2D eigenvalue weighted by Crippen LogP contribution is -2.31. The molecule has 0 unspecified atom stereocenters. The van der Waals surface area contributed by atoms with E-state index in [4.69, 9.17) is 15.2 Å². The zero-order valence-electron chi connectivity index (χ0n) is 23.6. The fourth-order valence-corrected chi connectivity index (χ4v) is 4.26. The van der Waals surface area contributed by atoms with Crippen LogP contribution < -0.4 is 21.1 Å². The van der Waals surface area contributed by atoms with Gasteiger partial charge in [-0.1, -0.05) is 48.5 Å². The van der Waals surface area contributed by atoms with E-state index in [9.17, 15) is 19.5 Å². The first-order valence-corrected chi connectivity index (χ1v) is 13.7. The zero-order chi connectivity index (χ0) is 30.6. The van der Waals surface area contributed by atoms with Crippen LogP contribution >= 0.6 is 0 Å². The van der Waals surface area contributed by atoms with E-state index < -0.39 is 18.3 Å². The predicted molar refractivity (Wildman–Crippen MR) is 166 cm³/mol. The number of hydrogen-bond acceptors (Lipinski definition) is 7. The summed E-state index contributed by atoms with van der Waals surface area (Å²) in [6.45, 7) is 1.46. The van der Waals surface area contributed by atoms with E-state index in [2.05, 4.69) is 10.6 Å². The molecule has 2 atom stereocenters. The smallest absolute Gasteiger partial charge is 0.412 e. The predicted octanol–water partition coefficient (Wildman–Crippen LogP) is 6.89. The van der Waals surface area contributed by atoms with Crippen LogP contribution in [0.15, 0.2) is 115 Å². The number of ketones is 1. The highest BCUT2D eigenvalue weighted by Crippen LogP contribution is 2.30. The van der Waals surface area contributed by atoms with Crippen LogP contribution in [0, 0.1) is 0 Å².